The van der Waals surface area contributed by atoms with Crippen LogP contribution < -0.4 is 5.32 Å². The summed E-state index contributed by atoms with van der Waals surface area (Å²) in [7, 11) is 0. The number of carbonyl (C=O) groups excluding carboxylic acids is 1. The van der Waals surface area contributed by atoms with Crippen molar-refractivity contribution in [2.24, 2.45) is 0 Å². The smallest absolute Gasteiger partial charge is 0.252 e. The van der Waals surface area contributed by atoms with Crippen LogP contribution in [0.2, 0.25) is 0 Å². The maximum absolute atomic E-state index is 13.7. The summed E-state index contributed by atoms with van der Waals surface area (Å²) < 4.78 is 15.6. The molecule has 3 heterocycles. The van der Waals surface area contributed by atoms with Gasteiger partial charge in [0, 0.05) is 18.0 Å². The summed E-state index contributed by atoms with van der Waals surface area (Å²) in [5.74, 6) is 0.754. The van der Waals surface area contributed by atoms with Crippen molar-refractivity contribution in [1.82, 2.24) is 19.7 Å². The first-order valence-corrected chi connectivity index (χ1v) is 9.62. The average molecular weight is 434 g/mol. The molecule has 132 valence electrons. The summed E-state index contributed by atoms with van der Waals surface area (Å²) in [6, 6.07) is 6.60. The van der Waals surface area contributed by atoms with Crippen molar-refractivity contribution in [2.45, 2.75) is 12.2 Å². The summed E-state index contributed by atoms with van der Waals surface area (Å²) >= 11 is 4.71. The second-order valence-corrected chi connectivity index (χ2v) is 7.67. The van der Waals surface area contributed by atoms with Crippen LogP contribution >= 0.6 is 27.7 Å². The Labute approximate surface area is 161 Å². The van der Waals surface area contributed by atoms with E-state index in [1.807, 2.05) is 6.92 Å². The predicted molar refractivity (Wildman–Crippen MR) is 101 cm³/mol. The van der Waals surface area contributed by atoms with Gasteiger partial charge in [-0.2, -0.15) is 9.78 Å². The van der Waals surface area contributed by atoms with E-state index in [0.717, 1.165) is 16.8 Å². The summed E-state index contributed by atoms with van der Waals surface area (Å²) in [4.78, 5) is 20.7. The predicted octanol–water partition coefficient (Wildman–Crippen LogP) is 3.65. The molecule has 0 bridgehead atoms. The second kappa shape index (κ2) is 6.81. The Kier molecular flexibility index (Phi) is 4.49. The number of carbonyl (C=O) groups is 1. The number of amides is 1. The average Bonchev–Trinajstić information content (AvgIpc) is 2.84. The van der Waals surface area contributed by atoms with Gasteiger partial charge in [0.05, 0.1) is 21.2 Å². The Morgan fingerprint density at radius 1 is 1.35 bits per heavy atom. The number of nitrogens with one attached hydrogen (secondary N) is 1. The maximum Gasteiger partial charge on any atom is 0.252 e. The maximum atomic E-state index is 13.7. The van der Waals surface area contributed by atoms with Gasteiger partial charge in [0.2, 0.25) is 5.91 Å². The third-order valence-electron chi connectivity index (χ3n) is 4.00. The molecule has 1 aromatic carbocycles. The molecule has 1 aliphatic rings. The van der Waals surface area contributed by atoms with E-state index in [4.69, 9.17) is 0 Å². The molecule has 1 aliphatic heterocycles. The fourth-order valence-electron chi connectivity index (χ4n) is 2.87. The minimum absolute atomic E-state index is 0.128. The lowest BCUT2D eigenvalue weighted by atomic mass is 10.0. The second-order valence-electron chi connectivity index (χ2n) is 5.72. The molecule has 26 heavy (non-hydrogen) atoms. The Hall–Kier alpha value is -2.26. The molecule has 0 saturated heterocycles. The number of fused-ring (bicyclic) bond motifs is 1. The number of benzene rings is 1. The fourth-order valence-corrected chi connectivity index (χ4v) is 4.44. The molecule has 0 radical (unpaired) electrons. The molecule has 1 N–H and O–H groups in total. The summed E-state index contributed by atoms with van der Waals surface area (Å²) in [6.45, 7) is 1.88. The van der Waals surface area contributed by atoms with Gasteiger partial charge in [-0.1, -0.05) is 6.07 Å². The van der Waals surface area contributed by atoms with E-state index < -0.39 is 0 Å². The molecule has 0 aliphatic carbocycles. The van der Waals surface area contributed by atoms with Crippen LogP contribution in [0.15, 0.2) is 41.1 Å². The normalized spacial score (nSPS) is 16.7. The minimum Gasteiger partial charge on any atom is -0.309 e. The first kappa shape index (κ1) is 17.2. The van der Waals surface area contributed by atoms with Crippen molar-refractivity contribution in [2.75, 3.05) is 11.1 Å². The lowest BCUT2D eigenvalue weighted by Gasteiger charge is -2.15. The highest BCUT2D eigenvalue weighted by Crippen LogP contribution is 2.44. The Balaban J connectivity index is 1.89. The van der Waals surface area contributed by atoms with E-state index in [-0.39, 0.29) is 22.7 Å². The van der Waals surface area contributed by atoms with Crippen LogP contribution in [0.1, 0.15) is 22.1 Å². The number of thioether (sulfide) groups is 1. The number of nitrogens with zero attached hydrogens (tertiary/aromatic N) is 4. The van der Waals surface area contributed by atoms with Gasteiger partial charge in [-0.3, -0.25) is 4.79 Å². The lowest BCUT2D eigenvalue weighted by Crippen LogP contribution is -2.16. The van der Waals surface area contributed by atoms with E-state index in [2.05, 4.69) is 36.3 Å². The van der Waals surface area contributed by atoms with Crippen molar-refractivity contribution >= 4 is 39.4 Å². The Bertz CT molecular complexity index is 994. The van der Waals surface area contributed by atoms with Crippen LogP contribution in [0, 0.1) is 12.7 Å². The van der Waals surface area contributed by atoms with Crippen LogP contribution in [0.5, 0.6) is 0 Å². The Morgan fingerprint density at radius 2 is 2.12 bits per heavy atom. The Morgan fingerprint density at radius 3 is 2.85 bits per heavy atom. The highest BCUT2D eigenvalue weighted by atomic mass is 79.9. The van der Waals surface area contributed by atoms with Crippen molar-refractivity contribution < 1.29 is 9.18 Å². The van der Waals surface area contributed by atoms with Crippen molar-refractivity contribution in [3.05, 3.63) is 63.8 Å². The molecular formula is C17H13BrFN5OS. The number of hydrogen-bond acceptors (Lipinski definition) is 5. The van der Waals surface area contributed by atoms with Crippen molar-refractivity contribution in [3.63, 3.8) is 0 Å². The molecule has 0 saturated carbocycles. The van der Waals surface area contributed by atoms with Gasteiger partial charge in [0.15, 0.2) is 0 Å². The molecule has 9 heteroatoms. The zero-order chi connectivity index (χ0) is 18.3. The lowest BCUT2D eigenvalue weighted by molar-refractivity contribution is -0.113. The summed E-state index contributed by atoms with van der Waals surface area (Å²) in [5, 5.41) is 7.27. The highest BCUT2D eigenvalue weighted by molar-refractivity contribution is 9.10. The number of hydrogen-bond donors (Lipinski definition) is 1. The van der Waals surface area contributed by atoms with Gasteiger partial charge in [0.25, 0.3) is 5.95 Å². The molecule has 0 spiro atoms. The largest absolute Gasteiger partial charge is 0.309 e. The van der Waals surface area contributed by atoms with E-state index >= 15 is 0 Å². The molecule has 2 aromatic heterocycles. The molecule has 3 aromatic rings. The van der Waals surface area contributed by atoms with Gasteiger partial charge in [-0.05, 0) is 46.6 Å². The number of halogens is 2. The summed E-state index contributed by atoms with van der Waals surface area (Å²) in [5.41, 5.74) is 2.51. The standard InChI is InChI=1S/C17H13BrFN5OS/c1-9-14-15(10-3-4-12(19)11(18)7-10)26-8-13(25)22-16(14)24(23-9)17-20-5-2-6-21-17/h2-7,15H,8H2,1H3,(H,22,25). The number of aryl methyl sites for hydroxylation is 1. The fraction of sp³-hybridized carbons (Fsp3) is 0.176. The third kappa shape index (κ3) is 3.01. The van der Waals surface area contributed by atoms with Crippen LogP contribution in [-0.4, -0.2) is 31.4 Å². The summed E-state index contributed by atoms with van der Waals surface area (Å²) in [6.07, 6.45) is 3.24. The van der Waals surface area contributed by atoms with Gasteiger partial charge in [-0.15, -0.1) is 11.8 Å². The molecule has 1 atom stereocenters. The van der Waals surface area contributed by atoms with Crippen LogP contribution in [-0.2, 0) is 4.79 Å². The number of aromatic nitrogens is 4. The van der Waals surface area contributed by atoms with E-state index in [1.165, 1.54) is 17.8 Å². The quantitative estimate of drug-likeness (QED) is 0.667. The van der Waals surface area contributed by atoms with Crippen LogP contribution in [0.25, 0.3) is 5.95 Å². The van der Waals surface area contributed by atoms with Crippen molar-refractivity contribution in [3.8, 4) is 5.95 Å². The van der Waals surface area contributed by atoms with E-state index in [1.54, 1.807) is 35.3 Å². The highest BCUT2D eigenvalue weighted by Gasteiger charge is 2.31. The van der Waals surface area contributed by atoms with E-state index in [0.29, 0.717) is 16.2 Å². The third-order valence-corrected chi connectivity index (χ3v) is 5.87. The monoisotopic (exact) mass is 433 g/mol. The molecular weight excluding hydrogens is 421 g/mol. The molecule has 0 fully saturated rings. The molecule has 6 nitrogen and oxygen atoms in total. The molecule has 4 rings (SSSR count). The van der Waals surface area contributed by atoms with Gasteiger partial charge < -0.3 is 5.32 Å². The minimum atomic E-state index is -0.327. The first-order chi connectivity index (χ1) is 12.5. The van der Waals surface area contributed by atoms with Crippen LogP contribution in [0.3, 0.4) is 0 Å². The zero-order valence-electron chi connectivity index (χ0n) is 13.6. The number of anilines is 1. The molecule has 1 amide bonds. The van der Waals surface area contributed by atoms with Gasteiger partial charge >= 0.3 is 0 Å². The first-order valence-electron chi connectivity index (χ1n) is 7.78. The molecule has 1 unspecified atom stereocenters. The van der Waals surface area contributed by atoms with Crippen LogP contribution in [0.4, 0.5) is 10.2 Å². The zero-order valence-corrected chi connectivity index (χ0v) is 16.0. The van der Waals surface area contributed by atoms with Crippen molar-refractivity contribution in [1.29, 1.82) is 0 Å². The topological polar surface area (TPSA) is 72.7 Å². The van der Waals surface area contributed by atoms with Gasteiger partial charge in [-0.25, -0.2) is 14.4 Å². The SMILES string of the molecule is Cc1nn(-c2ncccn2)c2c1C(c1ccc(F)c(Br)c1)SCC(=O)N2. The van der Waals surface area contributed by atoms with Gasteiger partial charge in [0.1, 0.15) is 11.6 Å². The number of rotatable bonds is 2. The van der Waals surface area contributed by atoms with E-state index in [9.17, 15) is 9.18 Å².